The van der Waals surface area contributed by atoms with E-state index in [1.807, 2.05) is 0 Å². The molecule has 0 heterocycles. The number of hydrogen-bond donors (Lipinski definition) is 1. The molecule has 0 bridgehead atoms. The minimum Gasteiger partial charge on any atom is -0.318 e. The second-order valence-corrected chi connectivity index (χ2v) is 5.37. The van der Waals surface area contributed by atoms with E-state index in [1.54, 1.807) is 12.1 Å². The molecule has 2 rings (SSSR count). The number of benzene rings is 2. The standard InChI is InChI=1S/C13H7BrCl2FNO/c14-9-6-7(15)4-5-8(9)13(19)18-12-10(16)2-1-3-11(12)17/h1-6H,(H,18,19). The Hall–Kier alpha value is -1.10. The number of anilines is 1. The molecule has 2 nitrogen and oxygen atoms in total. The van der Waals surface area contributed by atoms with Crippen LogP contribution in [0.1, 0.15) is 10.4 Å². The Balaban J connectivity index is 2.31. The van der Waals surface area contributed by atoms with E-state index in [0.717, 1.165) is 0 Å². The summed E-state index contributed by atoms with van der Waals surface area (Å²) in [6, 6.07) is 8.88. The molecule has 2 aromatic rings. The van der Waals surface area contributed by atoms with Gasteiger partial charge in [0, 0.05) is 9.50 Å². The molecule has 0 fully saturated rings. The summed E-state index contributed by atoms with van der Waals surface area (Å²) in [4.78, 5) is 12.0. The van der Waals surface area contributed by atoms with E-state index >= 15 is 0 Å². The number of halogens is 4. The predicted molar refractivity (Wildman–Crippen MR) is 78.5 cm³/mol. The van der Waals surface area contributed by atoms with Gasteiger partial charge in [0.25, 0.3) is 5.91 Å². The van der Waals surface area contributed by atoms with Crippen molar-refractivity contribution < 1.29 is 9.18 Å². The molecule has 1 N–H and O–H groups in total. The Kier molecular flexibility index (Phi) is 4.45. The van der Waals surface area contributed by atoms with Crippen molar-refractivity contribution >= 4 is 50.7 Å². The third-order valence-corrected chi connectivity index (χ3v) is 3.58. The van der Waals surface area contributed by atoms with Crippen LogP contribution in [0.25, 0.3) is 0 Å². The number of carbonyl (C=O) groups excluding carboxylic acids is 1. The lowest BCUT2D eigenvalue weighted by Crippen LogP contribution is -2.14. The molecular weight excluding hydrogens is 356 g/mol. The minimum atomic E-state index is -0.592. The average Bonchev–Trinajstić information content (AvgIpc) is 2.33. The van der Waals surface area contributed by atoms with Crippen LogP contribution in [0, 0.1) is 5.82 Å². The molecule has 0 spiro atoms. The summed E-state index contributed by atoms with van der Waals surface area (Å²) in [5.41, 5.74) is 0.291. The molecule has 0 atom stereocenters. The molecule has 1 amide bonds. The number of para-hydroxylation sites is 1. The van der Waals surface area contributed by atoms with Crippen molar-refractivity contribution in [1.29, 1.82) is 0 Å². The van der Waals surface area contributed by atoms with Crippen molar-refractivity contribution in [3.63, 3.8) is 0 Å². The molecule has 0 aliphatic rings. The Labute approximate surface area is 127 Å². The van der Waals surface area contributed by atoms with Crippen LogP contribution >= 0.6 is 39.1 Å². The van der Waals surface area contributed by atoms with Gasteiger partial charge < -0.3 is 5.32 Å². The zero-order chi connectivity index (χ0) is 14.0. The largest absolute Gasteiger partial charge is 0.318 e. The molecule has 0 aliphatic carbocycles. The summed E-state index contributed by atoms with van der Waals surface area (Å²) in [5, 5.41) is 3.07. The quantitative estimate of drug-likeness (QED) is 0.786. The van der Waals surface area contributed by atoms with Gasteiger partial charge in [-0.05, 0) is 46.3 Å². The molecule has 0 radical (unpaired) electrons. The number of hydrogen-bond acceptors (Lipinski definition) is 1. The third kappa shape index (κ3) is 3.26. The number of nitrogens with one attached hydrogen (secondary N) is 1. The van der Waals surface area contributed by atoms with Crippen LogP contribution < -0.4 is 5.32 Å². The molecule has 98 valence electrons. The van der Waals surface area contributed by atoms with Gasteiger partial charge in [-0.2, -0.15) is 0 Å². The van der Waals surface area contributed by atoms with Crippen LogP contribution in [-0.2, 0) is 0 Å². The van der Waals surface area contributed by atoms with Gasteiger partial charge in [0.05, 0.1) is 16.3 Å². The van der Waals surface area contributed by atoms with Gasteiger partial charge in [0.1, 0.15) is 5.82 Å². The number of amides is 1. The Morgan fingerprint density at radius 1 is 1.21 bits per heavy atom. The molecule has 6 heteroatoms. The van der Waals surface area contributed by atoms with Crippen LogP contribution in [0.2, 0.25) is 10.0 Å². The summed E-state index contributed by atoms with van der Waals surface area (Å²) >= 11 is 14.9. The minimum absolute atomic E-state index is 0.0454. The highest BCUT2D eigenvalue weighted by Gasteiger charge is 2.14. The van der Waals surface area contributed by atoms with Crippen molar-refractivity contribution in [1.82, 2.24) is 0 Å². The van der Waals surface area contributed by atoms with E-state index in [4.69, 9.17) is 23.2 Å². The zero-order valence-corrected chi connectivity index (χ0v) is 12.5. The van der Waals surface area contributed by atoms with Gasteiger partial charge >= 0.3 is 0 Å². The molecule has 0 saturated heterocycles. The molecule has 0 unspecified atom stereocenters. The van der Waals surface area contributed by atoms with Crippen LogP contribution in [0.3, 0.4) is 0 Å². The highest BCUT2D eigenvalue weighted by molar-refractivity contribution is 9.10. The smallest absolute Gasteiger partial charge is 0.256 e. The van der Waals surface area contributed by atoms with Gasteiger partial charge in [-0.1, -0.05) is 29.3 Å². The lowest BCUT2D eigenvalue weighted by Gasteiger charge is -2.09. The summed E-state index contributed by atoms with van der Waals surface area (Å²) in [6.07, 6.45) is 0. The number of rotatable bonds is 2. The third-order valence-electron chi connectivity index (χ3n) is 2.38. The zero-order valence-electron chi connectivity index (χ0n) is 9.38. The van der Waals surface area contributed by atoms with E-state index in [-0.39, 0.29) is 10.7 Å². The van der Waals surface area contributed by atoms with Gasteiger partial charge in [0.2, 0.25) is 0 Å². The highest BCUT2D eigenvalue weighted by Crippen LogP contribution is 2.27. The molecule has 19 heavy (non-hydrogen) atoms. The van der Waals surface area contributed by atoms with E-state index in [0.29, 0.717) is 15.1 Å². The van der Waals surface area contributed by atoms with Crippen molar-refractivity contribution in [2.45, 2.75) is 0 Å². The lowest BCUT2D eigenvalue weighted by atomic mass is 10.2. The van der Waals surface area contributed by atoms with E-state index in [2.05, 4.69) is 21.2 Å². The fourth-order valence-electron chi connectivity index (χ4n) is 1.47. The van der Waals surface area contributed by atoms with Gasteiger partial charge in [-0.15, -0.1) is 0 Å². The first-order valence-electron chi connectivity index (χ1n) is 5.19. The van der Waals surface area contributed by atoms with Crippen molar-refractivity contribution in [3.8, 4) is 0 Å². The molecular formula is C13H7BrCl2FNO. The summed E-state index contributed by atoms with van der Waals surface area (Å²) in [6.45, 7) is 0. The fourth-order valence-corrected chi connectivity index (χ4v) is 2.54. The average molecular weight is 363 g/mol. The SMILES string of the molecule is O=C(Nc1c(F)cccc1Cl)c1ccc(Cl)cc1Br. The van der Waals surface area contributed by atoms with Crippen molar-refractivity contribution in [3.05, 3.63) is 62.3 Å². The lowest BCUT2D eigenvalue weighted by molar-refractivity contribution is 0.102. The second kappa shape index (κ2) is 5.90. The van der Waals surface area contributed by atoms with E-state index in [9.17, 15) is 9.18 Å². The van der Waals surface area contributed by atoms with Crippen LogP contribution in [0.5, 0.6) is 0 Å². The van der Waals surface area contributed by atoms with Gasteiger partial charge in [-0.25, -0.2) is 4.39 Å². The normalized spacial score (nSPS) is 10.3. The Morgan fingerprint density at radius 3 is 2.58 bits per heavy atom. The maximum atomic E-state index is 13.6. The first kappa shape index (κ1) is 14.3. The summed E-state index contributed by atoms with van der Waals surface area (Å²) in [7, 11) is 0. The first-order chi connectivity index (χ1) is 8.99. The monoisotopic (exact) mass is 361 g/mol. The first-order valence-corrected chi connectivity index (χ1v) is 6.74. The van der Waals surface area contributed by atoms with E-state index in [1.165, 1.54) is 24.3 Å². The molecule has 2 aromatic carbocycles. The maximum Gasteiger partial charge on any atom is 0.256 e. The van der Waals surface area contributed by atoms with Crippen LogP contribution in [0.15, 0.2) is 40.9 Å². The van der Waals surface area contributed by atoms with Crippen molar-refractivity contribution in [2.24, 2.45) is 0 Å². The Morgan fingerprint density at radius 2 is 1.95 bits per heavy atom. The summed E-state index contributed by atoms with van der Waals surface area (Å²) in [5.74, 6) is -1.07. The number of carbonyl (C=O) groups is 1. The fraction of sp³-hybridized carbons (Fsp3) is 0. The van der Waals surface area contributed by atoms with Gasteiger partial charge in [0.15, 0.2) is 0 Å². The molecule has 0 aliphatic heterocycles. The van der Waals surface area contributed by atoms with E-state index < -0.39 is 11.7 Å². The molecule has 0 saturated carbocycles. The topological polar surface area (TPSA) is 29.1 Å². The van der Waals surface area contributed by atoms with Gasteiger partial charge in [-0.3, -0.25) is 4.79 Å². The summed E-state index contributed by atoms with van der Waals surface area (Å²) < 4.78 is 14.1. The highest BCUT2D eigenvalue weighted by atomic mass is 79.9. The molecule has 0 aromatic heterocycles. The Bertz CT molecular complexity index is 628. The van der Waals surface area contributed by atoms with Crippen LogP contribution in [0.4, 0.5) is 10.1 Å². The maximum absolute atomic E-state index is 13.6. The van der Waals surface area contributed by atoms with Crippen molar-refractivity contribution in [2.75, 3.05) is 5.32 Å². The van der Waals surface area contributed by atoms with Crippen LogP contribution in [-0.4, -0.2) is 5.91 Å². The second-order valence-electron chi connectivity index (χ2n) is 3.67. The predicted octanol–water partition coefficient (Wildman–Crippen LogP) is 5.15.